The van der Waals surface area contributed by atoms with E-state index in [4.69, 9.17) is 4.74 Å². The van der Waals surface area contributed by atoms with Crippen LogP contribution in [0.25, 0.3) is 0 Å². The molecule has 0 atom stereocenters. The first-order valence-corrected chi connectivity index (χ1v) is 5.77. The third-order valence-electron chi connectivity index (χ3n) is 2.62. The molecule has 0 radical (unpaired) electrons. The van der Waals surface area contributed by atoms with Gasteiger partial charge in [-0.2, -0.15) is 10.2 Å². The van der Waals surface area contributed by atoms with E-state index in [-0.39, 0.29) is 23.6 Å². The van der Waals surface area contributed by atoms with Gasteiger partial charge < -0.3 is 4.74 Å². The van der Waals surface area contributed by atoms with Crippen molar-refractivity contribution < 1.29 is 14.3 Å². The summed E-state index contributed by atoms with van der Waals surface area (Å²) < 4.78 is 7.79. The van der Waals surface area contributed by atoms with Crippen LogP contribution in [0.15, 0.2) is 18.6 Å². The first kappa shape index (κ1) is 13.0. The highest BCUT2D eigenvalue weighted by molar-refractivity contribution is 6.13. The first-order valence-electron chi connectivity index (χ1n) is 5.77. The Kier molecular flexibility index (Phi) is 3.46. The lowest BCUT2D eigenvalue weighted by Crippen LogP contribution is -2.14. The van der Waals surface area contributed by atoms with E-state index >= 15 is 0 Å². The molecule has 2 aromatic heterocycles. The number of aryl methyl sites for hydroxylation is 2. The fourth-order valence-electron chi connectivity index (χ4n) is 1.74. The Bertz CT molecular complexity index is 627. The SMILES string of the molecule is CCOC(=O)c1cnn(C)c1C(=O)c1cnn(C)c1. The second-order valence-electron chi connectivity index (χ2n) is 3.98. The van der Waals surface area contributed by atoms with Gasteiger partial charge in [0, 0.05) is 20.3 Å². The zero-order chi connectivity index (χ0) is 14.0. The van der Waals surface area contributed by atoms with E-state index in [1.54, 1.807) is 27.2 Å². The Morgan fingerprint density at radius 2 is 2.00 bits per heavy atom. The summed E-state index contributed by atoms with van der Waals surface area (Å²) in [7, 11) is 3.32. The lowest BCUT2D eigenvalue weighted by atomic mass is 10.1. The minimum atomic E-state index is -0.553. The number of aromatic nitrogens is 4. The lowest BCUT2D eigenvalue weighted by Gasteiger charge is -2.03. The molecule has 0 bridgehead atoms. The summed E-state index contributed by atoms with van der Waals surface area (Å²) in [6.07, 6.45) is 4.37. The number of hydrogen-bond acceptors (Lipinski definition) is 5. The number of carbonyl (C=O) groups is 2. The molecule has 2 heterocycles. The van der Waals surface area contributed by atoms with Crippen molar-refractivity contribution in [3.05, 3.63) is 35.4 Å². The molecule has 0 spiro atoms. The average molecular weight is 262 g/mol. The van der Waals surface area contributed by atoms with Crippen molar-refractivity contribution in [3.8, 4) is 0 Å². The molecule has 0 aliphatic rings. The summed E-state index contributed by atoms with van der Waals surface area (Å²) in [5, 5.41) is 7.88. The van der Waals surface area contributed by atoms with Gasteiger partial charge in [0.25, 0.3) is 0 Å². The molecule has 2 rings (SSSR count). The van der Waals surface area contributed by atoms with Crippen LogP contribution in [0.3, 0.4) is 0 Å². The van der Waals surface area contributed by atoms with Crippen LogP contribution >= 0.6 is 0 Å². The van der Waals surface area contributed by atoms with Crippen molar-refractivity contribution in [3.63, 3.8) is 0 Å². The van der Waals surface area contributed by atoms with Crippen LogP contribution in [0.2, 0.25) is 0 Å². The number of ketones is 1. The maximum absolute atomic E-state index is 12.3. The summed E-state index contributed by atoms with van der Waals surface area (Å²) in [5.74, 6) is -0.862. The number of nitrogens with zero attached hydrogens (tertiary/aromatic N) is 4. The molecule has 0 N–H and O–H groups in total. The molecule has 0 unspecified atom stereocenters. The van der Waals surface area contributed by atoms with E-state index < -0.39 is 5.97 Å². The fraction of sp³-hybridized carbons (Fsp3) is 0.333. The van der Waals surface area contributed by atoms with E-state index in [9.17, 15) is 9.59 Å². The Labute approximate surface area is 109 Å². The molecule has 7 nitrogen and oxygen atoms in total. The molecule has 0 aliphatic carbocycles. The topological polar surface area (TPSA) is 79.0 Å². The predicted molar refractivity (Wildman–Crippen MR) is 65.8 cm³/mol. The van der Waals surface area contributed by atoms with Crippen LogP contribution in [0.4, 0.5) is 0 Å². The maximum Gasteiger partial charge on any atom is 0.342 e. The summed E-state index contributed by atoms with van der Waals surface area (Å²) in [5.41, 5.74) is 0.765. The fourth-order valence-corrected chi connectivity index (χ4v) is 1.74. The molecule has 0 amide bonds. The van der Waals surface area contributed by atoms with Crippen LogP contribution in [-0.2, 0) is 18.8 Å². The van der Waals surface area contributed by atoms with Gasteiger partial charge in [-0.1, -0.05) is 0 Å². The largest absolute Gasteiger partial charge is 0.462 e. The van der Waals surface area contributed by atoms with E-state index in [2.05, 4.69) is 10.2 Å². The van der Waals surface area contributed by atoms with Crippen LogP contribution in [0.5, 0.6) is 0 Å². The number of rotatable bonds is 4. The molecule has 0 saturated heterocycles. The Hall–Kier alpha value is -2.44. The second kappa shape index (κ2) is 5.05. The van der Waals surface area contributed by atoms with Gasteiger partial charge in [-0.15, -0.1) is 0 Å². The zero-order valence-electron chi connectivity index (χ0n) is 11.0. The minimum Gasteiger partial charge on any atom is -0.462 e. The van der Waals surface area contributed by atoms with Gasteiger partial charge in [-0.05, 0) is 6.92 Å². The van der Waals surface area contributed by atoms with Crippen molar-refractivity contribution >= 4 is 11.8 Å². The molecular formula is C12H14N4O3. The summed E-state index contributed by atoms with van der Waals surface area (Å²) >= 11 is 0. The van der Waals surface area contributed by atoms with Gasteiger partial charge >= 0.3 is 5.97 Å². The highest BCUT2D eigenvalue weighted by Gasteiger charge is 2.24. The highest BCUT2D eigenvalue weighted by atomic mass is 16.5. The molecule has 0 aliphatic heterocycles. The lowest BCUT2D eigenvalue weighted by molar-refractivity contribution is 0.0523. The van der Waals surface area contributed by atoms with Gasteiger partial charge in [0.2, 0.25) is 5.78 Å². The van der Waals surface area contributed by atoms with Crippen molar-refractivity contribution in [1.82, 2.24) is 19.6 Å². The van der Waals surface area contributed by atoms with Crippen LogP contribution in [0, 0.1) is 0 Å². The molecule has 0 aromatic carbocycles. The molecule has 0 saturated carbocycles. The molecule has 100 valence electrons. The predicted octanol–water partition coefficient (Wildman–Crippen LogP) is 0.561. The van der Waals surface area contributed by atoms with Crippen LogP contribution in [-0.4, -0.2) is 37.9 Å². The van der Waals surface area contributed by atoms with Crippen molar-refractivity contribution in [2.45, 2.75) is 6.92 Å². The molecular weight excluding hydrogens is 248 g/mol. The van der Waals surface area contributed by atoms with Crippen molar-refractivity contribution in [2.24, 2.45) is 14.1 Å². The van der Waals surface area contributed by atoms with Crippen molar-refractivity contribution in [2.75, 3.05) is 6.61 Å². The van der Waals surface area contributed by atoms with Gasteiger partial charge in [-0.3, -0.25) is 14.2 Å². The molecule has 7 heteroatoms. The Balaban J connectivity index is 2.41. The first-order chi connectivity index (χ1) is 9.04. The summed E-state index contributed by atoms with van der Waals surface area (Å²) in [6, 6.07) is 0. The quantitative estimate of drug-likeness (QED) is 0.594. The number of esters is 1. The Morgan fingerprint density at radius 1 is 1.26 bits per heavy atom. The smallest absolute Gasteiger partial charge is 0.342 e. The van der Waals surface area contributed by atoms with Gasteiger partial charge in [0.1, 0.15) is 11.3 Å². The van der Waals surface area contributed by atoms with Crippen LogP contribution in [0.1, 0.15) is 33.3 Å². The summed E-state index contributed by atoms with van der Waals surface area (Å²) in [4.78, 5) is 24.1. The summed E-state index contributed by atoms with van der Waals surface area (Å²) in [6.45, 7) is 1.95. The van der Waals surface area contributed by atoms with Crippen LogP contribution < -0.4 is 0 Å². The molecule has 2 aromatic rings. The average Bonchev–Trinajstić information content (AvgIpc) is 2.95. The van der Waals surface area contributed by atoms with E-state index in [1.165, 1.54) is 21.8 Å². The van der Waals surface area contributed by atoms with Crippen molar-refractivity contribution in [1.29, 1.82) is 0 Å². The molecule has 0 fully saturated rings. The van der Waals surface area contributed by atoms with Gasteiger partial charge in [0.05, 0.1) is 24.6 Å². The van der Waals surface area contributed by atoms with E-state index in [0.29, 0.717) is 5.56 Å². The van der Waals surface area contributed by atoms with E-state index in [0.717, 1.165) is 0 Å². The second-order valence-corrected chi connectivity index (χ2v) is 3.98. The van der Waals surface area contributed by atoms with Gasteiger partial charge in [-0.25, -0.2) is 4.79 Å². The highest BCUT2D eigenvalue weighted by Crippen LogP contribution is 2.14. The minimum absolute atomic E-state index is 0.165. The maximum atomic E-state index is 12.3. The number of hydrogen-bond donors (Lipinski definition) is 0. The zero-order valence-corrected chi connectivity index (χ0v) is 11.0. The number of ether oxygens (including phenoxy) is 1. The molecule has 19 heavy (non-hydrogen) atoms. The number of carbonyl (C=O) groups excluding carboxylic acids is 2. The third kappa shape index (κ3) is 2.40. The normalized spacial score (nSPS) is 10.5. The van der Waals surface area contributed by atoms with E-state index in [1.807, 2.05) is 0 Å². The van der Waals surface area contributed by atoms with Gasteiger partial charge in [0.15, 0.2) is 0 Å². The Morgan fingerprint density at radius 3 is 2.58 bits per heavy atom. The standard InChI is InChI=1S/C12H14N4O3/c1-4-19-12(18)9-6-14-16(3)10(9)11(17)8-5-13-15(2)7-8/h5-7H,4H2,1-3H3. The monoisotopic (exact) mass is 262 g/mol. The third-order valence-corrected chi connectivity index (χ3v) is 2.62.